The van der Waals surface area contributed by atoms with E-state index in [9.17, 15) is 5.11 Å². The molecule has 148 valence electrons. The first-order valence-corrected chi connectivity index (χ1v) is 9.91. The Bertz CT molecular complexity index is 955. The summed E-state index contributed by atoms with van der Waals surface area (Å²) in [6, 6.07) is 5.73. The molecule has 9 heteroatoms. The lowest BCUT2D eigenvalue weighted by Crippen LogP contribution is -2.28. The summed E-state index contributed by atoms with van der Waals surface area (Å²) in [5.41, 5.74) is 2.21. The number of aromatic nitrogens is 4. The molecule has 1 aliphatic carbocycles. The average molecular weight is 404 g/mol. The molecule has 4 rings (SSSR count). The number of benzene rings is 1. The first-order valence-electron chi connectivity index (χ1n) is 9.53. The van der Waals surface area contributed by atoms with Crippen LogP contribution >= 0.6 is 11.6 Å². The summed E-state index contributed by atoms with van der Waals surface area (Å²) in [5, 5.41) is 16.9. The van der Waals surface area contributed by atoms with Crippen LogP contribution in [0, 0.1) is 0 Å². The lowest BCUT2D eigenvalue weighted by Gasteiger charge is -2.26. The molecule has 1 saturated carbocycles. The van der Waals surface area contributed by atoms with E-state index in [-0.39, 0.29) is 12.1 Å². The average Bonchev–Trinajstić information content (AvgIpc) is 3.15. The molecule has 0 amide bonds. The smallest absolute Gasteiger partial charge is 0.307 e. The van der Waals surface area contributed by atoms with Crippen molar-refractivity contribution in [1.82, 2.24) is 15.0 Å². The maximum atomic E-state index is 9.72. The van der Waals surface area contributed by atoms with Gasteiger partial charge in [-0.2, -0.15) is 4.98 Å². The molecule has 0 unspecified atom stereocenters. The SMILES string of the molecule is CCOc1ccc(Nc2nc(NC3CCC(O)CC3)c3[nH]c[nH+]c3n2)c(Cl)c1. The number of aliphatic hydroxyl groups excluding tert-OH is 1. The maximum absolute atomic E-state index is 9.72. The third kappa shape index (κ3) is 4.13. The van der Waals surface area contributed by atoms with Crippen LogP contribution in [0.4, 0.5) is 17.5 Å². The highest BCUT2D eigenvalue weighted by Crippen LogP contribution is 2.30. The second kappa shape index (κ2) is 8.20. The molecule has 2 heterocycles. The molecular formula is C19H24ClN6O2+. The van der Waals surface area contributed by atoms with Gasteiger partial charge in [0.1, 0.15) is 5.75 Å². The van der Waals surface area contributed by atoms with E-state index in [4.69, 9.17) is 16.3 Å². The monoisotopic (exact) mass is 403 g/mol. The first-order chi connectivity index (χ1) is 13.6. The molecule has 0 saturated heterocycles. The van der Waals surface area contributed by atoms with E-state index in [2.05, 4.69) is 30.6 Å². The third-order valence-corrected chi connectivity index (χ3v) is 5.18. The highest BCUT2D eigenvalue weighted by Gasteiger charge is 2.23. The number of halogens is 1. The molecule has 2 aromatic heterocycles. The van der Waals surface area contributed by atoms with Gasteiger partial charge in [0, 0.05) is 12.1 Å². The highest BCUT2D eigenvalue weighted by atomic mass is 35.5. The van der Waals surface area contributed by atoms with Crippen molar-refractivity contribution in [3.63, 3.8) is 0 Å². The van der Waals surface area contributed by atoms with Crippen LogP contribution in [0.2, 0.25) is 5.02 Å². The quantitative estimate of drug-likeness (QED) is 0.503. The van der Waals surface area contributed by atoms with Crippen molar-refractivity contribution >= 4 is 40.2 Å². The van der Waals surface area contributed by atoms with E-state index in [1.807, 2.05) is 19.1 Å². The van der Waals surface area contributed by atoms with E-state index in [0.717, 1.165) is 42.8 Å². The number of hydrogen-bond donors (Lipinski definition) is 4. The molecule has 0 spiro atoms. The Balaban J connectivity index is 1.58. The molecule has 0 aliphatic heterocycles. The van der Waals surface area contributed by atoms with E-state index >= 15 is 0 Å². The minimum atomic E-state index is -0.193. The van der Waals surface area contributed by atoms with Crippen LogP contribution in [0.1, 0.15) is 32.6 Å². The topological polar surface area (TPSA) is 109 Å². The normalized spacial score (nSPS) is 19.5. The Labute approximate surface area is 167 Å². The van der Waals surface area contributed by atoms with Crippen molar-refractivity contribution in [2.24, 2.45) is 0 Å². The van der Waals surface area contributed by atoms with Gasteiger partial charge >= 0.3 is 11.6 Å². The number of H-pyrrole nitrogens is 2. The summed E-state index contributed by atoms with van der Waals surface area (Å²) in [5.74, 6) is 1.88. The third-order valence-electron chi connectivity index (χ3n) is 4.87. The summed E-state index contributed by atoms with van der Waals surface area (Å²) in [6.07, 6.45) is 4.95. The Hall–Kier alpha value is -2.58. The molecule has 3 aromatic rings. The Morgan fingerprint density at radius 3 is 2.86 bits per heavy atom. The van der Waals surface area contributed by atoms with Crippen LogP contribution in [0.25, 0.3) is 11.2 Å². The molecule has 0 atom stereocenters. The fraction of sp³-hybridized carbons (Fsp3) is 0.421. The van der Waals surface area contributed by atoms with Gasteiger partial charge in [0.15, 0.2) is 12.1 Å². The number of fused-ring (bicyclic) bond motifs is 1. The predicted octanol–water partition coefficient (Wildman–Crippen LogP) is 3.28. The van der Waals surface area contributed by atoms with Crippen molar-refractivity contribution in [2.75, 3.05) is 17.2 Å². The standard InChI is InChI=1S/C19H23ClN6O2/c1-2-28-13-7-8-15(14(20)9-13)24-19-25-17-16(21-10-22-17)18(26-19)23-11-3-5-12(27)6-4-11/h7-12,27H,2-6H2,1H3,(H3,21,22,23,24,25,26)/p+1. The first kappa shape index (κ1) is 18.8. The number of aromatic amines is 2. The minimum absolute atomic E-state index is 0.193. The molecule has 5 N–H and O–H groups in total. The van der Waals surface area contributed by atoms with E-state index in [0.29, 0.717) is 28.9 Å². The van der Waals surface area contributed by atoms with Gasteiger partial charge in [0.25, 0.3) is 0 Å². The number of nitrogens with zero attached hydrogens (tertiary/aromatic N) is 2. The number of anilines is 3. The maximum Gasteiger partial charge on any atom is 0.307 e. The largest absolute Gasteiger partial charge is 0.494 e. The van der Waals surface area contributed by atoms with E-state index < -0.39 is 0 Å². The summed E-state index contributed by atoms with van der Waals surface area (Å²) < 4.78 is 5.47. The number of aliphatic hydroxyl groups is 1. The molecule has 1 aliphatic rings. The van der Waals surface area contributed by atoms with Gasteiger partial charge in [-0.15, -0.1) is 0 Å². The molecule has 0 bridgehead atoms. The zero-order valence-electron chi connectivity index (χ0n) is 15.6. The van der Waals surface area contributed by atoms with Crippen LogP contribution in [0.3, 0.4) is 0 Å². The van der Waals surface area contributed by atoms with Crippen molar-refractivity contribution in [3.8, 4) is 5.75 Å². The van der Waals surface area contributed by atoms with Gasteiger partial charge in [-0.25, -0.2) is 4.98 Å². The molecule has 8 nitrogen and oxygen atoms in total. The molecule has 1 aromatic carbocycles. The highest BCUT2D eigenvalue weighted by molar-refractivity contribution is 6.33. The van der Waals surface area contributed by atoms with Crippen molar-refractivity contribution in [3.05, 3.63) is 29.5 Å². The minimum Gasteiger partial charge on any atom is -0.494 e. The van der Waals surface area contributed by atoms with Gasteiger partial charge in [-0.1, -0.05) is 16.6 Å². The van der Waals surface area contributed by atoms with Crippen LogP contribution in [-0.2, 0) is 0 Å². The molecule has 28 heavy (non-hydrogen) atoms. The van der Waals surface area contributed by atoms with Gasteiger partial charge in [0.2, 0.25) is 5.52 Å². The number of ether oxygens (including phenoxy) is 1. The van der Waals surface area contributed by atoms with E-state index in [1.54, 1.807) is 12.4 Å². The van der Waals surface area contributed by atoms with Crippen molar-refractivity contribution < 1.29 is 14.8 Å². The summed E-state index contributed by atoms with van der Waals surface area (Å²) >= 11 is 6.37. The lowest BCUT2D eigenvalue weighted by molar-refractivity contribution is -0.347. The fourth-order valence-electron chi connectivity index (χ4n) is 3.43. The zero-order chi connectivity index (χ0) is 19.5. The van der Waals surface area contributed by atoms with Crippen molar-refractivity contribution in [1.29, 1.82) is 0 Å². The van der Waals surface area contributed by atoms with Crippen LogP contribution in [0.5, 0.6) is 5.75 Å². The Morgan fingerprint density at radius 2 is 2.11 bits per heavy atom. The number of imidazole rings is 1. The summed E-state index contributed by atoms with van der Waals surface area (Å²) in [6.45, 7) is 2.51. The van der Waals surface area contributed by atoms with Crippen molar-refractivity contribution in [2.45, 2.75) is 44.8 Å². The Morgan fingerprint density at radius 1 is 1.29 bits per heavy atom. The van der Waals surface area contributed by atoms with Crippen LogP contribution in [-0.4, -0.2) is 38.8 Å². The summed E-state index contributed by atoms with van der Waals surface area (Å²) in [4.78, 5) is 15.4. The van der Waals surface area contributed by atoms with Gasteiger partial charge in [-0.3, -0.25) is 4.98 Å². The molecular weight excluding hydrogens is 380 g/mol. The summed E-state index contributed by atoms with van der Waals surface area (Å²) in [7, 11) is 0. The van der Waals surface area contributed by atoms with Gasteiger partial charge in [0.05, 0.1) is 23.4 Å². The van der Waals surface area contributed by atoms with Gasteiger partial charge < -0.3 is 20.5 Å². The second-order valence-corrected chi connectivity index (χ2v) is 7.31. The molecule has 0 radical (unpaired) electrons. The van der Waals surface area contributed by atoms with Gasteiger partial charge in [-0.05, 0) is 44.7 Å². The van der Waals surface area contributed by atoms with Crippen LogP contribution < -0.4 is 20.4 Å². The van der Waals surface area contributed by atoms with E-state index in [1.165, 1.54) is 0 Å². The lowest BCUT2D eigenvalue weighted by atomic mass is 9.93. The fourth-order valence-corrected chi connectivity index (χ4v) is 3.64. The number of hydrogen-bond acceptors (Lipinski definition) is 6. The Kier molecular flexibility index (Phi) is 5.50. The predicted molar refractivity (Wildman–Crippen MR) is 108 cm³/mol. The number of rotatable bonds is 6. The second-order valence-electron chi connectivity index (χ2n) is 6.90. The molecule has 1 fully saturated rings. The zero-order valence-corrected chi connectivity index (χ0v) is 16.4. The number of nitrogens with one attached hydrogen (secondary N) is 4. The van der Waals surface area contributed by atoms with Crippen LogP contribution in [0.15, 0.2) is 24.5 Å².